The monoisotopic (exact) mass is 396 g/mol. The van der Waals surface area contributed by atoms with Gasteiger partial charge in [0.2, 0.25) is 5.91 Å². The van der Waals surface area contributed by atoms with Crippen molar-refractivity contribution < 1.29 is 19.4 Å². The molecule has 2 aromatic rings. The smallest absolute Gasteiger partial charge is 0.326 e. The number of carbonyl (C=O) groups excluding carboxylic acids is 1. The van der Waals surface area contributed by atoms with Gasteiger partial charge in [0.25, 0.3) is 0 Å². The Morgan fingerprint density at radius 3 is 2.24 bits per heavy atom. The number of nitrogens with two attached hydrogens (primary N) is 1. The zero-order chi connectivity index (χ0) is 20.9. The molecule has 0 spiro atoms. The predicted octanol–water partition coefficient (Wildman–Crippen LogP) is 3.29. The quantitative estimate of drug-likeness (QED) is 0.624. The van der Waals surface area contributed by atoms with E-state index < -0.39 is 17.4 Å². The van der Waals surface area contributed by atoms with Crippen LogP contribution in [0.25, 0.3) is 0 Å². The average molecular weight is 396 g/mol. The molecule has 1 aliphatic carbocycles. The molecule has 0 unspecified atom stereocenters. The number of hydrogen-bond donors (Lipinski definition) is 3. The maximum atomic E-state index is 13.4. The second-order valence-electron chi connectivity index (χ2n) is 7.68. The molecule has 29 heavy (non-hydrogen) atoms. The van der Waals surface area contributed by atoms with Crippen LogP contribution in [0.5, 0.6) is 5.75 Å². The van der Waals surface area contributed by atoms with Gasteiger partial charge in [0.15, 0.2) is 0 Å². The molecular weight excluding hydrogens is 368 g/mol. The molecule has 1 amide bonds. The lowest BCUT2D eigenvalue weighted by atomic mass is 9.68. The number of methoxy groups -OCH3 is 1. The van der Waals surface area contributed by atoms with Crippen LogP contribution in [0, 0.1) is 0 Å². The number of carboxylic acid groups (broad SMARTS) is 1. The summed E-state index contributed by atoms with van der Waals surface area (Å²) in [5.41, 5.74) is 7.33. The molecule has 1 fully saturated rings. The number of aliphatic carboxylic acids is 1. The van der Waals surface area contributed by atoms with Crippen molar-refractivity contribution in [3.05, 3.63) is 59.7 Å². The van der Waals surface area contributed by atoms with E-state index in [0.29, 0.717) is 18.5 Å². The summed E-state index contributed by atoms with van der Waals surface area (Å²) in [4.78, 5) is 25.3. The highest BCUT2D eigenvalue weighted by atomic mass is 16.5. The van der Waals surface area contributed by atoms with E-state index in [2.05, 4.69) is 5.32 Å². The summed E-state index contributed by atoms with van der Waals surface area (Å²) >= 11 is 0. The average Bonchev–Trinajstić information content (AvgIpc) is 2.75. The summed E-state index contributed by atoms with van der Waals surface area (Å²) in [6.07, 6.45) is 4.59. The van der Waals surface area contributed by atoms with Crippen molar-refractivity contribution in [3.63, 3.8) is 0 Å². The molecule has 2 aromatic carbocycles. The number of benzene rings is 2. The van der Waals surface area contributed by atoms with Gasteiger partial charge in [0.1, 0.15) is 11.8 Å². The molecule has 0 saturated heterocycles. The first kappa shape index (κ1) is 20.7. The lowest BCUT2D eigenvalue weighted by Crippen LogP contribution is -2.52. The van der Waals surface area contributed by atoms with E-state index in [-0.39, 0.29) is 12.3 Å². The molecule has 1 aliphatic rings. The van der Waals surface area contributed by atoms with Gasteiger partial charge in [0, 0.05) is 12.1 Å². The number of rotatable bonds is 7. The van der Waals surface area contributed by atoms with Gasteiger partial charge in [-0.25, -0.2) is 4.79 Å². The van der Waals surface area contributed by atoms with Gasteiger partial charge in [-0.3, -0.25) is 4.79 Å². The number of nitrogen functional groups attached to an aromatic ring is 1. The summed E-state index contributed by atoms with van der Waals surface area (Å²) in [5, 5.41) is 12.5. The molecule has 0 radical (unpaired) electrons. The number of carbonyl (C=O) groups is 2. The van der Waals surface area contributed by atoms with Crippen LogP contribution in [0.3, 0.4) is 0 Å². The van der Waals surface area contributed by atoms with Crippen LogP contribution in [0.15, 0.2) is 48.5 Å². The van der Waals surface area contributed by atoms with Crippen molar-refractivity contribution in [2.75, 3.05) is 12.8 Å². The minimum absolute atomic E-state index is 0.208. The molecule has 0 aromatic heterocycles. The molecule has 3 rings (SSSR count). The second kappa shape index (κ2) is 8.99. The fraction of sp³-hybridized carbons (Fsp3) is 0.391. The zero-order valence-corrected chi connectivity index (χ0v) is 16.7. The van der Waals surface area contributed by atoms with Gasteiger partial charge in [-0.15, -0.1) is 0 Å². The third-order valence-corrected chi connectivity index (χ3v) is 5.81. The SMILES string of the molecule is COc1ccc(C2(C(=O)N[C@@H](Cc3ccc(N)cc3)C(=O)O)CCCCC2)cc1. The fourth-order valence-electron chi connectivity index (χ4n) is 4.10. The summed E-state index contributed by atoms with van der Waals surface area (Å²) in [5.74, 6) is -0.534. The van der Waals surface area contributed by atoms with E-state index in [0.717, 1.165) is 36.1 Å². The Morgan fingerprint density at radius 1 is 1.07 bits per heavy atom. The second-order valence-corrected chi connectivity index (χ2v) is 7.68. The highest BCUT2D eigenvalue weighted by Crippen LogP contribution is 2.40. The molecule has 0 heterocycles. The first-order chi connectivity index (χ1) is 13.9. The molecular formula is C23H28N2O4. The Balaban J connectivity index is 1.83. The van der Waals surface area contributed by atoms with Crippen molar-refractivity contribution in [1.82, 2.24) is 5.32 Å². The van der Waals surface area contributed by atoms with E-state index in [9.17, 15) is 14.7 Å². The van der Waals surface area contributed by atoms with Gasteiger partial charge in [-0.2, -0.15) is 0 Å². The number of carboxylic acids is 1. The van der Waals surface area contributed by atoms with Gasteiger partial charge >= 0.3 is 5.97 Å². The van der Waals surface area contributed by atoms with Gasteiger partial charge in [-0.05, 0) is 48.2 Å². The van der Waals surface area contributed by atoms with Crippen LogP contribution < -0.4 is 15.8 Å². The standard InChI is InChI=1S/C23H28N2O4/c1-29-19-11-7-17(8-12-19)23(13-3-2-4-14-23)22(28)25-20(21(26)27)15-16-5-9-18(24)10-6-16/h5-12,20H,2-4,13-15,24H2,1H3,(H,25,28)(H,26,27)/t20-/m0/s1. The largest absolute Gasteiger partial charge is 0.497 e. The molecule has 6 heteroatoms. The number of hydrogen-bond acceptors (Lipinski definition) is 4. The molecule has 0 bridgehead atoms. The van der Waals surface area contributed by atoms with E-state index in [1.165, 1.54) is 0 Å². The van der Waals surface area contributed by atoms with Gasteiger partial charge < -0.3 is 20.9 Å². The molecule has 6 nitrogen and oxygen atoms in total. The number of ether oxygens (including phenoxy) is 1. The normalized spacial score (nSPS) is 16.6. The summed E-state index contributed by atoms with van der Waals surface area (Å²) in [6.45, 7) is 0. The van der Waals surface area contributed by atoms with Crippen molar-refractivity contribution in [2.24, 2.45) is 0 Å². The number of nitrogens with one attached hydrogen (secondary N) is 1. The van der Waals surface area contributed by atoms with E-state index >= 15 is 0 Å². The summed E-state index contributed by atoms with van der Waals surface area (Å²) in [6, 6.07) is 13.6. The van der Waals surface area contributed by atoms with Crippen molar-refractivity contribution in [3.8, 4) is 5.75 Å². The first-order valence-electron chi connectivity index (χ1n) is 9.97. The van der Waals surface area contributed by atoms with Crippen LogP contribution in [-0.4, -0.2) is 30.1 Å². The molecule has 1 saturated carbocycles. The van der Waals surface area contributed by atoms with Gasteiger partial charge in [0.05, 0.1) is 12.5 Å². The van der Waals surface area contributed by atoms with Crippen LogP contribution in [-0.2, 0) is 21.4 Å². The topological polar surface area (TPSA) is 102 Å². The van der Waals surface area contributed by atoms with Crippen molar-refractivity contribution >= 4 is 17.6 Å². The Hall–Kier alpha value is -3.02. The third-order valence-electron chi connectivity index (χ3n) is 5.81. The van der Waals surface area contributed by atoms with Crippen LogP contribution in [0.1, 0.15) is 43.2 Å². The molecule has 1 atom stereocenters. The minimum atomic E-state index is -1.05. The maximum Gasteiger partial charge on any atom is 0.326 e. The Kier molecular flexibility index (Phi) is 6.42. The Bertz CT molecular complexity index is 840. The zero-order valence-electron chi connectivity index (χ0n) is 16.7. The van der Waals surface area contributed by atoms with Gasteiger partial charge in [-0.1, -0.05) is 43.5 Å². The number of anilines is 1. The van der Waals surface area contributed by atoms with Crippen molar-refractivity contribution in [2.45, 2.75) is 50.0 Å². The molecule has 0 aliphatic heterocycles. The Labute approximate surface area is 171 Å². The fourth-order valence-corrected chi connectivity index (χ4v) is 4.10. The van der Waals surface area contributed by atoms with Crippen LogP contribution in [0.4, 0.5) is 5.69 Å². The predicted molar refractivity (Wildman–Crippen MR) is 112 cm³/mol. The maximum absolute atomic E-state index is 13.4. The van der Waals surface area contributed by atoms with Crippen molar-refractivity contribution in [1.29, 1.82) is 0 Å². The lowest BCUT2D eigenvalue weighted by molar-refractivity contribution is -0.143. The lowest BCUT2D eigenvalue weighted by Gasteiger charge is -2.37. The van der Waals surface area contributed by atoms with E-state index in [4.69, 9.17) is 10.5 Å². The third kappa shape index (κ3) is 4.70. The summed E-state index contributed by atoms with van der Waals surface area (Å²) < 4.78 is 5.23. The highest BCUT2D eigenvalue weighted by molar-refractivity contribution is 5.91. The van der Waals surface area contributed by atoms with Crippen LogP contribution in [0.2, 0.25) is 0 Å². The molecule has 4 N–H and O–H groups in total. The highest BCUT2D eigenvalue weighted by Gasteiger charge is 2.42. The van der Waals surface area contributed by atoms with E-state index in [1.54, 1.807) is 31.4 Å². The molecule has 154 valence electrons. The minimum Gasteiger partial charge on any atom is -0.497 e. The summed E-state index contributed by atoms with van der Waals surface area (Å²) in [7, 11) is 1.60. The van der Waals surface area contributed by atoms with Crippen LogP contribution >= 0.6 is 0 Å². The first-order valence-corrected chi connectivity index (χ1v) is 9.97. The number of amides is 1. The van der Waals surface area contributed by atoms with E-state index in [1.807, 2.05) is 24.3 Å². The Morgan fingerprint density at radius 2 is 1.69 bits per heavy atom.